The Morgan fingerprint density at radius 1 is 1.12 bits per heavy atom. The molecule has 2 aromatic rings. The van der Waals surface area contributed by atoms with Gasteiger partial charge in [-0.3, -0.25) is 4.79 Å². The molecule has 0 aliphatic rings. The van der Waals surface area contributed by atoms with Crippen molar-refractivity contribution >= 4 is 29.3 Å². The van der Waals surface area contributed by atoms with Crippen LogP contribution in [0.3, 0.4) is 0 Å². The number of methoxy groups -OCH3 is 1. The van der Waals surface area contributed by atoms with E-state index in [1.807, 2.05) is 62.4 Å². The summed E-state index contributed by atoms with van der Waals surface area (Å²) in [6.45, 7) is 4.34. The maximum absolute atomic E-state index is 12.5. The van der Waals surface area contributed by atoms with Crippen LogP contribution in [0.5, 0.6) is 11.5 Å². The van der Waals surface area contributed by atoms with E-state index in [4.69, 9.17) is 21.1 Å². The molecule has 2 atom stereocenters. The van der Waals surface area contributed by atoms with Crippen molar-refractivity contribution in [3.63, 3.8) is 0 Å². The molecule has 0 fully saturated rings. The molecule has 0 bridgehead atoms. The molecule has 0 saturated carbocycles. The molecule has 0 unspecified atom stereocenters. The van der Waals surface area contributed by atoms with Crippen LogP contribution >= 0.6 is 23.4 Å². The number of hydrogen-bond acceptors (Lipinski definition) is 4. The quantitative estimate of drug-likeness (QED) is 0.621. The number of thioether (sulfide) groups is 1. The van der Waals surface area contributed by atoms with Gasteiger partial charge in [-0.15, -0.1) is 11.8 Å². The van der Waals surface area contributed by atoms with Crippen LogP contribution in [0.1, 0.15) is 20.3 Å². The first-order valence-corrected chi connectivity index (χ1v) is 9.77. The maximum Gasteiger partial charge on any atom is 0.233 e. The van der Waals surface area contributed by atoms with Gasteiger partial charge in [-0.05, 0) is 61.9 Å². The van der Waals surface area contributed by atoms with Gasteiger partial charge in [0.1, 0.15) is 18.1 Å². The number of carbonyl (C=O) groups is 1. The van der Waals surface area contributed by atoms with Gasteiger partial charge in [0.2, 0.25) is 5.91 Å². The molecular weight excluding hydrogens is 370 g/mol. The third-order valence-electron chi connectivity index (χ3n) is 3.70. The summed E-state index contributed by atoms with van der Waals surface area (Å²) in [7, 11) is 1.62. The summed E-state index contributed by atoms with van der Waals surface area (Å²) in [6.07, 6.45) is 0.741. The van der Waals surface area contributed by atoms with E-state index in [9.17, 15) is 4.79 Å². The third-order valence-corrected chi connectivity index (χ3v) is 5.33. The third kappa shape index (κ3) is 6.46. The molecule has 1 amide bonds. The fourth-order valence-corrected chi connectivity index (χ4v) is 3.36. The van der Waals surface area contributed by atoms with Crippen molar-refractivity contribution in [2.75, 3.05) is 13.7 Å². The van der Waals surface area contributed by atoms with E-state index in [0.29, 0.717) is 11.6 Å². The lowest BCUT2D eigenvalue weighted by Gasteiger charge is -2.19. The Labute approximate surface area is 164 Å². The molecule has 2 aromatic carbocycles. The topological polar surface area (TPSA) is 47.6 Å². The molecule has 4 nitrogen and oxygen atoms in total. The van der Waals surface area contributed by atoms with Gasteiger partial charge in [0, 0.05) is 9.92 Å². The predicted octanol–water partition coefficient (Wildman–Crippen LogP) is 4.80. The Balaban J connectivity index is 1.82. The van der Waals surface area contributed by atoms with Gasteiger partial charge in [-0.1, -0.05) is 18.5 Å². The number of rotatable bonds is 9. The normalized spacial score (nSPS) is 12.9. The van der Waals surface area contributed by atoms with E-state index in [-0.39, 0.29) is 17.2 Å². The van der Waals surface area contributed by atoms with Crippen molar-refractivity contribution in [2.45, 2.75) is 36.5 Å². The van der Waals surface area contributed by atoms with Gasteiger partial charge in [0.15, 0.2) is 0 Å². The number of ether oxygens (including phenoxy) is 2. The van der Waals surface area contributed by atoms with Crippen molar-refractivity contribution in [2.24, 2.45) is 0 Å². The van der Waals surface area contributed by atoms with Crippen LogP contribution in [-0.2, 0) is 4.79 Å². The van der Waals surface area contributed by atoms with Crippen LogP contribution in [-0.4, -0.2) is 30.9 Å². The fourth-order valence-electron chi connectivity index (χ4n) is 2.27. The summed E-state index contributed by atoms with van der Waals surface area (Å²) in [4.78, 5) is 13.5. The maximum atomic E-state index is 12.5. The van der Waals surface area contributed by atoms with Crippen LogP contribution in [0.2, 0.25) is 5.02 Å². The van der Waals surface area contributed by atoms with E-state index in [1.165, 1.54) is 0 Å². The molecular formula is C20H24ClNO3S. The molecule has 1 N–H and O–H groups in total. The monoisotopic (exact) mass is 393 g/mol. The zero-order chi connectivity index (χ0) is 18.9. The number of halogens is 1. The van der Waals surface area contributed by atoms with Crippen molar-refractivity contribution in [1.29, 1.82) is 0 Å². The first-order valence-electron chi connectivity index (χ1n) is 8.51. The van der Waals surface area contributed by atoms with E-state index >= 15 is 0 Å². The standard InChI is InChI=1S/C20H24ClNO3S/c1-4-19(26-18-11-5-15(21)6-12-18)20(23)22-14(2)13-25-17-9-7-16(24-3)8-10-17/h5-12,14,19H,4,13H2,1-3H3,(H,22,23)/t14-,19+/m1/s1. The molecule has 0 aliphatic heterocycles. The summed E-state index contributed by atoms with van der Waals surface area (Å²) in [5, 5.41) is 3.56. The Bertz CT molecular complexity index is 691. The highest BCUT2D eigenvalue weighted by Crippen LogP contribution is 2.27. The average Bonchev–Trinajstić information content (AvgIpc) is 2.66. The summed E-state index contributed by atoms with van der Waals surface area (Å²) in [6, 6.07) is 14.8. The first-order chi connectivity index (χ1) is 12.5. The second-order valence-corrected chi connectivity index (χ2v) is 7.58. The predicted molar refractivity (Wildman–Crippen MR) is 107 cm³/mol. The smallest absolute Gasteiger partial charge is 0.233 e. The van der Waals surface area contributed by atoms with E-state index in [0.717, 1.165) is 22.8 Å². The van der Waals surface area contributed by atoms with Gasteiger partial charge in [0.05, 0.1) is 18.4 Å². The van der Waals surface area contributed by atoms with Crippen LogP contribution in [0, 0.1) is 0 Å². The minimum absolute atomic E-state index is 0.0123. The van der Waals surface area contributed by atoms with E-state index in [2.05, 4.69) is 5.32 Å². The Morgan fingerprint density at radius 2 is 1.73 bits per heavy atom. The van der Waals surface area contributed by atoms with Crippen LogP contribution < -0.4 is 14.8 Å². The number of benzene rings is 2. The molecule has 0 radical (unpaired) electrons. The Hall–Kier alpha value is -1.85. The average molecular weight is 394 g/mol. The molecule has 26 heavy (non-hydrogen) atoms. The fraction of sp³-hybridized carbons (Fsp3) is 0.350. The molecule has 0 saturated heterocycles. The largest absolute Gasteiger partial charge is 0.497 e. The minimum Gasteiger partial charge on any atom is -0.497 e. The number of nitrogens with one attached hydrogen (secondary N) is 1. The molecule has 2 rings (SSSR count). The molecule has 0 aromatic heterocycles. The Kier molecular flexibility index (Phi) is 8.13. The van der Waals surface area contributed by atoms with Crippen LogP contribution in [0.4, 0.5) is 0 Å². The molecule has 6 heteroatoms. The SMILES string of the molecule is CC[C@H](Sc1ccc(Cl)cc1)C(=O)N[C@H](C)COc1ccc(OC)cc1. The Morgan fingerprint density at radius 3 is 2.31 bits per heavy atom. The molecule has 0 spiro atoms. The highest BCUT2D eigenvalue weighted by molar-refractivity contribution is 8.00. The van der Waals surface area contributed by atoms with E-state index < -0.39 is 0 Å². The minimum atomic E-state index is -0.153. The van der Waals surface area contributed by atoms with Gasteiger partial charge >= 0.3 is 0 Å². The number of amides is 1. The zero-order valence-corrected chi connectivity index (χ0v) is 16.8. The van der Waals surface area contributed by atoms with Crippen LogP contribution in [0.25, 0.3) is 0 Å². The lowest BCUT2D eigenvalue weighted by molar-refractivity contribution is -0.121. The van der Waals surface area contributed by atoms with Crippen molar-refractivity contribution in [3.05, 3.63) is 53.6 Å². The highest BCUT2D eigenvalue weighted by Gasteiger charge is 2.19. The van der Waals surface area contributed by atoms with E-state index in [1.54, 1.807) is 18.9 Å². The molecule has 0 heterocycles. The molecule has 140 valence electrons. The van der Waals surface area contributed by atoms with Crippen molar-refractivity contribution in [3.8, 4) is 11.5 Å². The lowest BCUT2D eigenvalue weighted by atomic mass is 10.2. The lowest BCUT2D eigenvalue weighted by Crippen LogP contribution is -2.41. The van der Waals surface area contributed by atoms with Gasteiger partial charge in [-0.2, -0.15) is 0 Å². The van der Waals surface area contributed by atoms with Gasteiger partial charge < -0.3 is 14.8 Å². The zero-order valence-electron chi connectivity index (χ0n) is 15.2. The number of hydrogen-bond donors (Lipinski definition) is 1. The highest BCUT2D eigenvalue weighted by atomic mass is 35.5. The van der Waals surface area contributed by atoms with Gasteiger partial charge in [-0.25, -0.2) is 0 Å². The molecule has 0 aliphatic carbocycles. The summed E-state index contributed by atoms with van der Waals surface area (Å²) >= 11 is 7.45. The summed E-state index contributed by atoms with van der Waals surface area (Å²) in [5.41, 5.74) is 0. The van der Waals surface area contributed by atoms with Crippen molar-refractivity contribution < 1.29 is 14.3 Å². The number of carbonyl (C=O) groups excluding carboxylic acids is 1. The summed E-state index contributed by atoms with van der Waals surface area (Å²) < 4.78 is 10.8. The first kappa shape index (κ1) is 20.5. The second kappa shape index (κ2) is 10.3. The van der Waals surface area contributed by atoms with Gasteiger partial charge in [0.25, 0.3) is 0 Å². The second-order valence-electron chi connectivity index (χ2n) is 5.86. The van der Waals surface area contributed by atoms with Crippen LogP contribution in [0.15, 0.2) is 53.4 Å². The van der Waals surface area contributed by atoms with Crippen molar-refractivity contribution in [1.82, 2.24) is 5.32 Å². The summed E-state index contributed by atoms with van der Waals surface area (Å²) in [5.74, 6) is 1.54.